The number of aliphatic hydroxyl groups is 1. The van der Waals surface area contributed by atoms with E-state index in [0.29, 0.717) is 18.7 Å². The molecule has 1 heterocycles. The minimum absolute atomic E-state index is 0.0667. The monoisotopic (exact) mass is 384 g/mol. The highest BCUT2D eigenvalue weighted by Crippen LogP contribution is 2.24. The summed E-state index contributed by atoms with van der Waals surface area (Å²) < 4.78 is 27.2. The molecule has 144 valence electrons. The summed E-state index contributed by atoms with van der Waals surface area (Å²) in [6, 6.07) is 4.31. The molecular weight excluding hydrogens is 360 g/mol. The number of carbonyl (C=O) groups excluding carboxylic acids is 1. The molecule has 0 aliphatic carbocycles. The Labute approximate surface area is 152 Å². The highest BCUT2D eigenvalue weighted by molar-refractivity contribution is 7.89. The van der Waals surface area contributed by atoms with Gasteiger partial charge in [0, 0.05) is 18.7 Å². The Hall–Kier alpha value is -1.97. The molecule has 1 unspecified atom stereocenters. The van der Waals surface area contributed by atoms with Crippen molar-refractivity contribution in [2.45, 2.75) is 43.6 Å². The number of nitrogens with zero attached hydrogens (tertiary/aromatic N) is 1. The van der Waals surface area contributed by atoms with E-state index in [1.165, 1.54) is 16.4 Å². The predicted molar refractivity (Wildman–Crippen MR) is 94.4 cm³/mol. The maximum absolute atomic E-state index is 12.9. The number of amides is 1. The van der Waals surface area contributed by atoms with Crippen molar-refractivity contribution in [1.82, 2.24) is 9.62 Å². The van der Waals surface area contributed by atoms with Gasteiger partial charge in [-0.15, -0.1) is 0 Å². The molecule has 8 nitrogen and oxygen atoms in total. The molecule has 0 aromatic heterocycles. The fourth-order valence-electron chi connectivity index (χ4n) is 2.69. The maximum atomic E-state index is 12.9. The number of nitrogens with one attached hydrogen (secondary N) is 1. The van der Waals surface area contributed by atoms with Gasteiger partial charge in [-0.25, -0.2) is 13.2 Å². The standard InChI is InChI=1S/C17H24N2O6S/c1-12-6-7-13(15(20)18-11-17(2,23)16(21)22)10-14(12)26(24,25)19-8-4-3-5-9-19/h6-7,10,23H,3-5,8-9,11H2,1-2H3,(H,18,20)(H,21,22). The Morgan fingerprint density at radius 1 is 1.23 bits per heavy atom. The molecule has 1 amide bonds. The first-order valence-corrected chi connectivity index (χ1v) is 9.84. The number of sulfonamides is 1. The van der Waals surface area contributed by atoms with Gasteiger partial charge in [0.1, 0.15) is 0 Å². The molecule has 1 aliphatic rings. The lowest BCUT2D eigenvalue weighted by atomic mass is 10.1. The van der Waals surface area contributed by atoms with Crippen LogP contribution in [0, 0.1) is 6.92 Å². The summed E-state index contributed by atoms with van der Waals surface area (Å²) in [6.07, 6.45) is 2.61. The number of hydrogen-bond acceptors (Lipinski definition) is 5. The van der Waals surface area contributed by atoms with Crippen molar-refractivity contribution in [2.75, 3.05) is 19.6 Å². The summed E-state index contributed by atoms with van der Waals surface area (Å²) in [6.45, 7) is 3.15. The highest BCUT2D eigenvalue weighted by atomic mass is 32.2. The van der Waals surface area contributed by atoms with Crippen LogP contribution in [0.15, 0.2) is 23.1 Å². The van der Waals surface area contributed by atoms with Crippen LogP contribution in [-0.4, -0.2) is 60.0 Å². The van der Waals surface area contributed by atoms with Crippen LogP contribution in [0.25, 0.3) is 0 Å². The fourth-order valence-corrected chi connectivity index (χ4v) is 4.46. The van der Waals surface area contributed by atoms with E-state index in [2.05, 4.69) is 5.32 Å². The van der Waals surface area contributed by atoms with Crippen LogP contribution in [0.3, 0.4) is 0 Å². The third kappa shape index (κ3) is 4.40. The van der Waals surface area contributed by atoms with E-state index in [9.17, 15) is 23.1 Å². The van der Waals surface area contributed by atoms with Gasteiger partial charge in [0.25, 0.3) is 5.91 Å². The normalized spacial score (nSPS) is 18.1. The molecule has 0 spiro atoms. The number of benzene rings is 1. The van der Waals surface area contributed by atoms with Crippen LogP contribution in [-0.2, 0) is 14.8 Å². The lowest BCUT2D eigenvalue weighted by molar-refractivity contribution is -0.155. The first kappa shape index (κ1) is 20.3. The average molecular weight is 384 g/mol. The largest absolute Gasteiger partial charge is 0.479 e. The Morgan fingerprint density at radius 2 is 1.85 bits per heavy atom. The van der Waals surface area contributed by atoms with Crippen molar-refractivity contribution in [3.05, 3.63) is 29.3 Å². The van der Waals surface area contributed by atoms with Gasteiger partial charge in [0.15, 0.2) is 5.60 Å². The van der Waals surface area contributed by atoms with Crippen LogP contribution < -0.4 is 5.32 Å². The van der Waals surface area contributed by atoms with E-state index in [1.54, 1.807) is 13.0 Å². The maximum Gasteiger partial charge on any atom is 0.337 e. The number of hydrogen-bond donors (Lipinski definition) is 3. The minimum atomic E-state index is -3.70. The van der Waals surface area contributed by atoms with Crippen LogP contribution in [0.4, 0.5) is 0 Å². The van der Waals surface area contributed by atoms with Gasteiger partial charge in [-0.05, 0) is 44.4 Å². The molecule has 1 aromatic carbocycles. The average Bonchev–Trinajstić information content (AvgIpc) is 2.60. The molecule has 26 heavy (non-hydrogen) atoms. The summed E-state index contributed by atoms with van der Waals surface area (Å²) >= 11 is 0. The number of piperidine rings is 1. The molecule has 2 rings (SSSR count). The van der Waals surface area contributed by atoms with Crippen molar-refractivity contribution >= 4 is 21.9 Å². The van der Waals surface area contributed by atoms with Gasteiger partial charge in [-0.1, -0.05) is 12.5 Å². The van der Waals surface area contributed by atoms with Crippen LogP contribution in [0.1, 0.15) is 42.1 Å². The zero-order valence-electron chi connectivity index (χ0n) is 14.9. The van der Waals surface area contributed by atoms with Gasteiger partial charge >= 0.3 is 5.97 Å². The number of aryl methyl sites for hydroxylation is 1. The van der Waals surface area contributed by atoms with E-state index < -0.39 is 34.0 Å². The van der Waals surface area contributed by atoms with Crippen molar-refractivity contribution < 1.29 is 28.2 Å². The molecule has 1 atom stereocenters. The van der Waals surface area contributed by atoms with Crippen molar-refractivity contribution in [3.63, 3.8) is 0 Å². The summed E-state index contributed by atoms with van der Waals surface area (Å²) in [5, 5.41) is 20.9. The Kier molecular flexibility index (Phi) is 6.05. The first-order chi connectivity index (χ1) is 12.1. The third-order valence-corrected chi connectivity index (χ3v) is 6.48. The van der Waals surface area contributed by atoms with Crippen LogP contribution in [0.5, 0.6) is 0 Å². The zero-order chi connectivity index (χ0) is 19.5. The van der Waals surface area contributed by atoms with Gasteiger partial charge in [-0.2, -0.15) is 4.31 Å². The quantitative estimate of drug-likeness (QED) is 0.664. The second-order valence-corrected chi connectivity index (χ2v) is 8.61. The fraction of sp³-hybridized carbons (Fsp3) is 0.529. The van der Waals surface area contributed by atoms with Gasteiger partial charge in [0.05, 0.1) is 11.4 Å². The van der Waals surface area contributed by atoms with Crippen molar-refractivity contribution in [1.29, 1.82) is 0 Å². The Bertz CT molecular complexity index is 797. The van der Waals surface area contributed by atoms with E-state index in [-0.39, 0.29) is 10.5 Å². The van der Waals surface area contributed by atoms with E-state index in [1.807, 2.05) is 0 Å². The molecule has 3 N–H and O–H groups in total. The highest BCUT2D eigenvalue weighted by Gasteiger charge is 2.31. The first-order valence-electron chi connectivity index (χ1n) is 8.40. The number of rotatable bonds is 6. The molecule has 1 aliphatic heterocycles. The summed E-state index contributed by atoms with van der Waals surface area (Å²) in [5.74, 6) is -2.11. The smallest absolute Gasteiger partial charge is 0.337 e. The van der Waals surface area contributed by atoms with Crippen LogP contribution in [0.2, 0.25) is 0 Å². The van der Waals surface area contributed by atoms with E-state index in [0.717, 1.165) is 26.2 Å². The van der Waals surface area contributed by atoms with E-state index >= 15 is 0 Å². The van der Waals surface area contributed by atoms with Gasteiger partial charge < -0.3 is 15.5 Å². The van der Waals surface area contributed by atoms with E-state index in [4.69, 9.17) is 5.11 Å². The lowest BCUT2D eigenvalue weighted by Crippen LogP contribution is -2.46. The molecule has 1 fully saturated rings. The number of carboxylic acids is 1. The summed E-state index contributed by atoms with van der Waals surface area (Å²) in [4.78, 5) is 23.2. The topological polar surface area (TPSA) is 124 Å². The van der Waals surface area contributed by atoms with Gasteiger partial charge in [-0.3, -0.25) is 4.79 Å². The SMILES string of the molecule is Cc1ccc(C(=O)NCC(C)(O)C(=O)O)cc1S(=O)(=O)N1CCCCC1. The molecule has 1 aromatic rings. The lowest BCUT2D eigenvalue weighted by Gasteiger charge is -2.26. The number of aliphatic carboxylic acids is 1. The summed E-state index contributed by atoms with van der Waals surface area (Å²) in [5.41, 5.74) is -1.49. The van der Waals surface area contributed by atoms with Crippen molar-refractivity contribution in [2.24, 2.45) is 0 Å². The minimum Gasteiger partial charge on any atom is -0.479 e. The molecule has 1 saturated heterocycles. The Morgan fingerprint density at radius 3 is 2.42 bits per heavy atom. The molecule has 0 radical (unpaired) electrons. The molecule has 0 saturated carbocycles. The van der Waals surface area contributed by atoms with Crippen molar-refractivity contribution in [3.8, 4) is 0 Å². The summed E-state index contributed by atoms with van der Waals surface area (Å²) in [7, 11) is -3.70. The molecular formula is C17H24N2O6S. The zero-order valence-corrected chi connectivity index (χ0v) is 15.7. The number of carbonyl (C=O) groups is 2. The second kappa shape index (κ2) is 7.73. The molecule has 9 heteroatoms. The third-order valence-electron chi connectivity index (χ3n) is 4.44. The predicted octanol–water partition coefficient (Wildman–Crippen LogP) is 0.735. The molecule has 0 bridgehead atoms. The number of carboxylic acid groups (broad SMARTS) is 1. The van der Waals surface area contributed by atoms with Gasteiger partial charge in [0.2, 0.25) is 10.0 Å². The second-order valence-electron chi connectivity index (χ2n) is 6.71. The van der Waals surface area contributed by atoms with Crippen LogP contribution >= 0.6 is 0 Å². The Balaban J connectivity index is 2.23.